The Morgan fingerprint density at radius 2 is 2.18 bits per heavy atom. The largest absolute Gasteiger partial charge is 0.390 e. The van der Waals surface area contributed by atoms with Gasteiger partial charge in [0.1, 0.15) is 0 Å². The molecular formula is C8H15ClN2. The first-order valence-corrected chi connectivity index (χ1v) is 4.25. The van der Waals surface area contributed by atoms with Crippen LogP contribution >= 0.6 is 11.6 Å². The van der Waals surface area contributed by atoms with Gasteiger partial charge in [-0.15, -0.1) is 0 Å². The van der Waals surface area contributed by atoms with E-state index in [1.807, 2.05) is 6.92 Å². The van der Waals surface area contributed by atoms with Gasteiger partial charge in [-0.1, -0.05) is 31.9 Å². The molecule has 0 atom stereocenters. The first kappa shape index (κ1) is 10.5. The monoisotopic (exact) mass is 174 g/mol. The van der Waals surface area contributed by atoms with Crippen LogP contribution in [0.15, 0.2) is 15.7 Å². The van der Waals surface area contributed by atoms with E-state index in [1.165, 1.54) is 6.34 Å². The molecule has 0 aromatic carbocycles. The highest BCUT2D eigenvalue weighted by Crippen LogP contribution is 2.18. The molecule has 0 aliphatic heterocycles. The van der Waals surface area contributed by atoms with E-state index >= 15 is 0 Å². The Morgan fingerprint density at radius 1 is 1.55 bits per heavy atom. The van der Waals surface area contributed by atoms with Gasteiger partial charge in [-0.2, -0.15) is 0 Å². The van der Waals surface area contributed by atoms with Gasteiger partial charge in [0, 0.05) is 5.03 Å². The summed E-state index contributed by atoms with van der Waals surface area (Å²) < 4.78 is 0. The molecule has 0 amide bonds. The molecule has 0 radical (unpaired) electrons. The molecule has 0 aliphatic carbocycles. The zero-order valence-corrected chi connectivity index (χ0v) is 7.86. The predicted octanol–water partition coefficient (Wildman–Crippen LogP) is 2.63. The smallest absolute Gasteiger partial charge is 0.0856 e. The van der Waals surface area contributed by atoms with E-state index in [0.29, 0.717) is 0 Å². The lowest BCUT2D eigenvalue weighted by molar-refractivity contribution is 0.911. The van der Waals surface area contributed by atoms with Crippen LogP contribution in [0.2, 0.25) is 0 Å². The van der Waals surface area contributed by atoms with Crippen LogP contribution in [0.1, 0.15) is 33.1 Å². The van der Waals surface area contributed by atoms with E-state index in [-0.39, 0.29) is 0 Å². The molecule has 2 nitrogen and oxygen atoms in total. The molecule has 11 heavy (non-hydrogen) atoms. The van der Waals surface area contributed by atoms with E-state index in [1.54, 1.807) is 0 Å². The third kappa shape index (κ3) is 4.04. The van der Waals surface area contributed by atoms with Crippen molar-refractivity contribution >= 4 is 17.9 Å². The summed E-state index contributed by atoms with van der Waals surface area (Å²) in [6.45, 7) is 4.10. The number of halogens is 1. The van der Waals surface area contributed by atoms with Crippen LogP contribution in [0.3, 0.4) is 0 Å². The summed E-state index contributed by atoms with van der Waals surface area (Å²) in [5.74, 6) is 0. The fourth-order valence-corrected chi connectivity index (χ4v) is 1.18. The molecule has 2 N–H and O–H groups in total. The third-order valence-corrected chi connectivity index (χ3v) is 1.76. The average molecular weight is 175 g/mol. The van der Waals surface area contributed by atoms with E-state index in [9.17, 15) is 0 Å². The molecular weight excluding hydrogens is 160 g/mol. The summed E-state index contributed by atoms with van der Waals surface area (Å²) in [7, 11) is 0. The molecule has 0 bridgehead atoms. The highest BCUT2D eigenvalue weighted by Gasteiger charge is 1.98. The number of allylic oxidation sites excluding steroid dienone is 2. The molecule has 0 saturated carbocycles. The minimum atomic E-state index is 0.830. The van der Waals surface area contributed by atoms with Gasteiger partial charge in [-0.25, -0.2) is 4.99 Å². The maximum absolute atomic E-state index is 5.94. The Morgan fingerprint density at radius 3 is 2.55 bits per heavy atom. The van der Waals surface area contributed by atoms with Crippen LogP contribution in [0.5, 0.6) is 0 Å². The van der Waals surface area contributed by atoms with Crippen molar-refractivity contribution in [3.05, 3.63) is 10.7 Å². The summed E-state index contributed by atoms with van der Waals surface area (Å²) in [6, 6.07) is 0. The average Bonchev–Trinajstić information content (AvgIpc) is 2.00. The fourth-order valence-electron chi connectivity index (χ4n) is 0.807. The quantitative estimate of drug-likeness (QED) is 0.517. The number of nitrogens with zero attached hydrogens (tertiary/aromatic N) is 1. The third-order valence-electron chi connectivity index (χ3n) is 1.35. The minimum absolute atomic E-state index is 0.830. The molecule has 0 saturated heterocycles. The Hall–Kier alpha value is -0.500. The van der Waals surface area contributed by atoms with Gasteiger partial charge in [-0.05, 0) is 12.8 Å². The maximum atomic E-state index is 5.94. The Balaban J connectivity index is 4.26. The standard InChI is InChI=1S/C8H15ClN2/c1-3-5-7(9)8(4-2)11-6-10/h6H,3-5H2,1-2H3,(H2,10,11)/b8-7+. The van der Waals surface area contributed by atoms with Crippen molar-refractivity contribution in [1.29, 1.82) is 0 Å². The number of hydrogen-bond donors (Lipinski definition) is 1. The van der Waals surface area contributed by atoms with Gasteiger partial charge in [0.25, 0.3) is 0 Å². The van der Waals surface area contributed by atoms with Gasteiger partial charge in [-0.3, -0.25) is 0 Å². The molecule has 3 heteroatoms. The Labute approximate surface area is 73.1 Å². The second-order valence-electron chi connectivity index (χ2n) is 2.23. The summed E-state index contributed by atoms with van der Waals surface area (Å²) in [5, 5.41) is 0.830. The van der Waals surface area contributed by atoms with E-state index in [2.05, 4.69) is 11.9 Å². The lowest BCUT2D eigenvalue weighted by Crippen LogP contribution is -1.91. The van der Waals surface area contributed by atoms with Crippen molar-refractivity contribution in [2.75, 3.05) is 0 Å². The lowest BCUT2D eigenvalue weighted by Gasteiger charge is -2.00. The van der Waals surface area contributed by atoms with Gasteiger partial charge < -0.3 is 5.73 Å². The van der Waals surface area contributed by atoms with Crippen LogP contribution in [-0.2, 0) is 0 Å². The topological polar surface area (TPSA) is 38.4 Å². The second kappa shape index (κ2) is 6.23. The van der Waals surface area contributed by atoms with Crippen LogP contribution in [0.25, 0.3) is 0 Å². The fraction of sp³-hybridized carbons (Fsp3) is 0.625. The van der Waals surface area contributed by atoms with E-state index < -0.39 is 0 Å². The molecule has 64 valence electrons. The molecule has 0 unspecified atom stereocenters. The number of nitrogens with two attached hydrogens (primary N) is 1. The van der Waals surface area contributed by atoms with Gasteiger partial charge >= 0.3 is 0 Å². The molecule has 0 aromatic rings. The Kier molecular flexibility index (Phi) is 5.94. The van der Waals surface area contributed by atoms with Crippen molar-refractivity contribution in [3.8, 4) is 0 Å². The molecule has 0 aliphatic rings. The molecule has 0 spiro atoms. The van der Waals surface area contributed by atoms with Crippen LogP contribution in [-0.4, -0.2) is 6.34 Å². The predicted molar refractivity (Wildman–Crippen MR) is 50.8 cm³/mol. The van der Waals surface area contributed by atoms with Crippen molar-refractivity contribution in [2.24, 2.45) is 10.7 Å². The molecule has 0 fully saturated rings. The summed E-state index contributed by atoms with van der Waals surface area (Å²) in [6.07, 6.45) is 4.06. The van der Waals surface area contributed by atoms with Crippen molar-refractivity contribution in [3.63, 3.8) is 0 Å². The SMILES string of the molecule is CCC/C(Cl)=C(CC)\N=C/N. The van der Waals surface area contributed by atoms with Gasteiger partial charge in [0.15, 0.2) is 0 Å². The molecule has 0 heterocycles. The van der Waals surface area contributed by atoms with Crippen LogP contribution in [0, 0.1) is 0 Å². The molecule has 0 aromatic heterocycles. The van der Waals surface area contributed by atoms with E-state index in [4.69, 9.17) is 17.3 Å². The number of hydrogen-bond acceptors (Lipinski definition) is 1. The van der Waals surface area contributed by atoms with Crippen molar-refractivity contribution < 1.29 is 0 Å². The normalized spacial score (nSPS) is 13.7. The summed E-state index contributed by atoms with van der Waals surface area (Å²) in [4.78, 5) is 3.96. The maximum Gasteiger partial charge on any atom is 0.0856 e. The minimum Gasteiger partial charge on any atom is -0.390 e. The van der Waals surface area contributed by atoms with Gasteiger partial charge in [0.2, 0.25) is 0 Å². The van der Waals surface area contributed by atoms with Crippen LogP contribution < -0.4 is 5.73 Å². The number of aliphatic imine (C=N–C) groups is 1. The van der Waals surface area contributed by atoms with Crippen molar-refractivity contribution in [1.82, 2.24) is 0 Å². The zero-order valence-electron chi connectivity index (χ0n) is 7.10. The first-order chi connectivity index (χ1) is 5.26. The summed E-state index contributed by atoms with van der Waals surface area (Å²) in [5.41, 5.74) is 6.05. The van der Waals surface area contributed by atoms with Crippen LogP contribution in [0.4, 0.5) is 0 Å². The zero-order chi connectivity index (χ0) is 8.69. The highest BCUT2D eigenvalue weighted by molar-refractivity contribution is 6.29. The Bertz CT molecular complexity index is 161. The van der Waals surface area contributed by atoms with Gasteiger partial charge in [0.05, 0.1) is 12.0 Å². The first-order valence-electron chi connectivity index (χ1n) is 3.88. The highest BCUT2D eigenvalue weighted by atomic mass is 35.5. The molecule has 0 rings (SSSR count). The number of rotatable bonds is 4. The summed E-state index contributed by atoms with van der Waals surface area (Å²) >= 11 is 5.94. The van der Waals surface area contributed by atoms with Crippen molar-refractivity contribution in [2.45, 2.75) is 33.1 Å². The lowest BCUT2D eigenvalue weighted by atomic mass is 10.2. The second-order valence-corrected chi connectivity index (χ2v) is 2.69. The van der Waals surface area contributed by atoms with E-state index in [0.717, 1.165) is 30.0 Å².